The van der Waals surface area contributed by atoms with Gasteiger partial charge in [-0.1, -0.05) is 0 Å². The maximum Gasteiger partial charge on any atom is 0.187 e. The molecule has 1 saturated heterocycles. The minimum atomic E-state index is 0.558. The van der Waals surface area contributed by atoms with Crippen LogP contribution in [0.1, 0.15) is 9.75 Å². The lowest BCUT2D eigenvalue weighted by Crippen LogP contribution is -2.42. The number of morpholine rings is 1. The van der Waals surface area contributed by atoms with Gasteiger partial charge in [0.05, 0.1) is 19.4 Å². The first-order valence-electron chi connectivity index (χ1n) is 6.67. The first kappa shape index (κ1) is 15.4. The topological polar surface area (TPSA) is 48.9 Å². The first-order chi connectivity index (χ1) is 9.74. The Kier molecular flexibility index (Phi) is 6.38. The number of aryl methyl sites for hydroxylation is 1. The summed E-state index contributed by atoms with van der Waals surface area (Å²) in [5.41, 5.74) is 2.83. The van der Waals surface area contributed by atoms with Crippen molar-refractivity contribution in [1.29, 1.82) is 0 Å². The van der Waals surface area contributed by atoms with Crippen LogP contribution >= 0.6 is 23.6 Å². The number of ether oxygens (including phenoxy) is 1. The van der Waals surface area contributed by atoms with E-state index >= 15 is 0 Å². The number of hydrazone groups is 1. The van der Waals surface area contributed by atoms with Crippen LogP contribution in [0.25, 0.3) is 0 Å². The van der Waals surface area contributed by atoms with Crippen LogP contribution in [0, 0.1) is 6.92 Å². The Balaban J connectivity index is 1.59. The van der Waals surface area contributed by atoms with E-state index < -0.39 is 0 Å². The van der Waals surface area contributed by atoms with Crippen LogP contribution in [0.4, 0.5) is 0 Å². The number of hydrogen-bond acceptors (Lipinski definition) is 5. The molecule has 1 aliphatic rings. The summed E-state index contributed by atoms with van der Waals surface area (Å²) in [5, 5.41) is 7.83. The Labute approximate surface area is 129 Å². The number of thiocarbonyl (C=S) groups is 1. The zero-order valence-corrected chi connectivity index (χ0v) is 13.2. The van der Waals surface area contributed by atoms with Gasteiger partial charge in [-0.3, -0.25) is 10.3 Å². The standard InChI is InChI=1S/C13H20N4OS2/c1-11-2-3-12(20-11)10-15-16-13(19)14-4-5-17-6-8-18-9-7-17/h2-3,10H,4-9H2,1H3,(H2,14,16,19)/b15-10+. The monoisotopic (exact) mass is 312 g/mol. The Morgan fingerprint density at radius 2 is 2.30 bits per heavy atom. The Morgan fingerprint density at radius 1 is 1.50 bits per heavy atom. The van der Waals surface area contributed by atoms with Crippen molar-refractivity contribution in [3.8, 4) is 0 Å². The molecule has 5 nitrogen and oxygen atoms in total. The third kappa shape index (κ3) is 5.54. The van der Waals surface area contributed by atoms with Crippen molar-refractivity contribution in [3.63, 3.8) is 0 Å². The van der Waals surface area contributed by atoms with E-state index in [9.17, 15) is 0 Å². The smallest absolute Gasteiger partial charge is 0.187 e. The first-order valence-corrected chi connectivity index (χ1v) is 7.90. The molecule has 2 heterocycles. The molecule has 1 aromatic heterocycles. The molecule has 20 heavy (non-hydrogen) atoms. The van der Waals surface area contributed by atoms with Crippen molar-refractivity contribution in [2.75, 3.05) is 39.4 Å². The number of nitrogens with one attached hydrogen (secondary N) is 2. The molecule has 110 valence electrons. The highest BCUT2D eigenvalue weighted by atomic mass is 32.1. The van der Waals surface area contributed by atoms with E-state index in [4.69, 9.17) is 17.0 Å². The van der Waals surface area contributed by atoms with Gasteiger partial charge >= 0.3 is 0 Å². The molecule has 0 atom stereocenters. The average Bonchev–Trinajstić information content (AvgIpc) is 2.86. The Hall–Kier alpha value is -1.02. The lowest BCUT2D eigenvalue weighted by Gasteiger charge is -2.26. The third-order valence-electron chi connectivity index (χ3n) is 2.94. The van der Waals surface area contributed by atoms with E-state index in [-0.39, 0.29) is 0 Å². The molecule has 7 heteroatoms. The van der Waals surface area contributed by atoms with Crippen LogP contribution in [0.5, 0.6) is 0 Å². The fraction of sp³-hybridized carbons (Fsp3) is 0.538. The van der Waals surface area contributed by atoms with E-state index in [1.807, 2.05) is 6.07 Å². The fourth-order valence-electron chi connectivity index (χ4n) is 1.87. The van der Waals surface area contributed by atoms with Gasteiger partial charge in [0.15, 0.2) is 5.11 Å². The van der Waals surface area contributed by atoms with Crippen LogP contribution in [-0.4, -0.2) is 55.6 Å². The van der Waals surface area contributed by atoms with Crippen LogP contribution < -0.4 is 10.7 Å². The summed E-state index contributed by atoms with van der Waals surface area (Å²) >= 11 is 6.87. The van der Waals surface area contributed by atoms with Crippen molar-refractivity contribution in [1.82, 2.24) is 15.6 Å². The average molecular weight is 312 g/mol. The predicted molar refractivity (Wildman–Crippen MR) is 87.6 cm³/mol. The largest absolute Gasteiger partial charge is 0.379 e. The van der Waals surface area contributed by atoms with Crippen molar-refractivity contribution >= 4 is 34.9 Å². The third-order valence-corrected chi connectivity index (χ3v) is 4.11. The van der Waals surface area contributed by atoms with Crippen molar-refractivity contribution < 1.29 is 4.74 Å². The highest BCUT2D eigenvalue weighted by Crippen LogP contribution is 2.12. The van der Waals surface area contributed by atoms with E-state index in [2.05, 4.69) is 33.7 Å². The molecule has 0 unspecified atom stereocenters. The number of rotatable bonds is 5. The number of thiophene rings is 1. The van der Waals surface area contributed by atoms with Gasteiger partial charge in [0.1, 0.15) is 0 Å². The van der Waals surface area contributed by atoms with E-state index in [1.165, 1.54) is 4.88 Å². The molecular formula is C13H20N4OS2. The minimum absolute atomic E-state index is 0.558. The zero-order chi connectivity index (χ0) is 14.2. The molecule has 0 spiro atoms. The van der Waals surface area contributed by atoms with Gasteiger partial charge in [-0.25, -0.2) is 0 Å². The second-order valence-electron chi connectivity index (χ2n) is 4.53. The van der Waals surface area contributed by atoms with Gasteiger partial charge in [-0.05, 0) is 31.3 Å². The van der Waals surface area contributed by atoms with E-state index in [0.717, 1.165) is 44.3 Å². The van der Waals surface area contributed by atoms with Gasteiger partial charge < -0.3 is 10.1 Å². The fourth-order valence-corrected chi connectivity index (χ4v) is 2.77. The Bertz CT molecular complexity index is 455. The summed E-state index contributed by atoms with van der Waals surface area (Å²) in [6.45, 7) is 7.52. The van der Waals surface area contributed by atoms with Crippen LogP contribution in [0.15, 0.2) is 17.2 Å². The summed E-state index contributed by atoms with van der Waals surface area (Å²) in [6.07, 6.45) is 1.79. The zero-order valence-electron chi connectivity index (χ0n) is 11.6. The predicted octanol–water partition coefficient (Wildman–Crippen LogP) is 1.19. The molecule has 2 N–H and O–H groups in total. The van der Waals surface area contributed by atoms with Crippen LogP contribution in [0.2, 0.25) is 0 Å². The second-order valence-corrected chi connectivity index (χ2v) is 6.26. The maximum absolute atomic E-state index is 5.31. The highest BCUT2D eigenvalue weighted by Gasteiger charge is 2.09. The molecule has 0 aromatic carbocycles. The maximum atomic E-state index is 5.31. The number of hydrogen-bond donors (Lipinski definition) is 2. The highest BCUT2D eigenvalue weighted by molar-refractivity contribution is 7.80. The minimum Gasteiger partial charge on any atom is -0.379 e. The van der Waals surface area contributed by atoms with Crippen molar-refractivity contribution in [2.45, 2.75) is 6.92 Å². The second kappa shape index (κ2) is 8.31. The molecule has 0 amide bonds. The van der Waals surface area contributed by atoms with Gasteiger partial charge in [0.2, 0.25) is 0 Å². The molecule has 0 aliphatic carbocycles. The molecule has 0 radical (unpaired) electrons. The number of nitrogens with zero attached hydrogens (tertiary/aromatic N) is 2. The van der Waals surface area contributed by atoms with Crippen LogP contribution in [-0.2, 0) is 4.74 Å². The SMILES string of the molecule is Cc1ccc(/C=N/NC(=S)NCCN2CCOCC2)s1. The van der Waals surface area contributed by atoms with Crippen molar-refractivity contribution in [3.05, 3.63) is 21.9 Å². The van der Waals surface area contributed by atoms with Crippen LogP contribution in [0.3, 0.4) is 0 Å². The molecule has 1 fully saturated rings. The molecular weight excluding hydrogens is 292 g/mol. The van der Waals surface area contributed by atoms with Gasteiger partial charge in [0.25, 0.3) is 0 Å². The van der Waals surface area contributed by atoms with E-state index in [1.54, 1.807) is 17.6 Å². The molecule has 2 rings (SSSR count). The summed E-state index contributed by atoms with van der Waals surface area (Å²) in [5.74, 6) is 0. The lowest BCUT2D eigenvalue weighted by atomic mass is 10.4. The van der Waals surface area contributed by atoms with Gasteiger partial charge in [-0.15, -0.1) is 11.3 Å². The lowest BCUT2D eigenvalue weighted by molar-refractivity contribution is 0.0389. The van der Waals surface area contributed by atoms with Gasteiger partial charge in [-0.2, -0.15) is 5.10 Å². The Morgan fingerprint density at radius 3 is 3.00 bits per heavy atom. The summed E-state index contributed by atoms with van der Waals surface area (Å²) < 4.78 is 5.31. The molecule has 0 saturated carbocycles. The summed E-state index contributed by atoms with van der Waals surface area (Å²) in [6, 6.07) is 4.12. The summed E-state index contributed by atoms with van der Waals surface area (Å²) in [7, 11) is 0. The summed E-state index contributed by atoms with van der Waals surface area (Å²) in [4.78, 5) is 4.75. The van der Waals surface area contributed by atoms with Crippen molar-refractivity contribution in [2.24, 2.45) is 5.10 Å². The molecule has 1 aromatic rings. The normalized spacial score (nSPS) is 16.4. The van der Waals surface area contributed by atoms with E-state index in [0.29, 0.717) is 5.11 Å². The quantitative estimate of drug-likeness (QED) is 0.486. The van der Waals surface area contributed by atoms with Gasteiger partial charge in [0, 0.05) is 35.9 Å². The molecule has 1 aliphatic heterocycles. The molecule has 0 bridgehead atoms.